The highest BCUT2D eigenvalue weighted by molar-refractivity contribution is 7.92. The molecule has 35 heavy (non-hydrogen) atoms. The molecular formula is C22H19F7N2O3S. The van der Waals surface area contributed by atoms with Crippen LogP contribution in [-0.2, 0) is 31.5 Å². The van der Waals surface area contributed by atoms with E-state index in [-0.39, 0.29) is 42.0 Å². The lowest BCUT2D eigenvalue weighted by Gasteiger charge is -2.42. The summed E-state index contributed by atoms with van der Waals surface area (Å²) in [5.74, 6) is -0.426. The first-order chi connectivity index (χ1) is 16.1. The summed E-state index contributed by atoms with van der Waals surface area (Å²) in [5.41, 5.74) is -7.53. The smallest absolute Gasteiger partial charge is 0.338 e. The van der Waals surface area contributed by atoms with E-state index in [1.54, 1.807) is 0 Å². The van der Waals surface area contributed by atoms with E-state index >= 15 is 0 Å². The van der Waals surface area contributed by atoms with Crippen molar-refractivity contribution in [2.75, 3.05) is 6.54 Å². The van der Waals surface area contributed by atoms with Crippen molar-refractivity contribution in [3.05, 3.63) is 59.3 Å². The van der Waals surface area contributed by atoms with Crippen LogP contribution in [0.2, 0.25) is 0 Å². The van der Waals surface area contributed by atoms with E-state index in [2.05, 4.69) is 4.98 Å². The van der Waals surface area contributed by atoms with E-state index in [0.29, 0.717) is 12.1 Å². The van der Waals surface area contributed by atoms with Crippen LogP contribution in [0, 0.1) is 0 Å². The Hall–Kier alpha value is -2.70. The Morgan fingerprint density at radius 3 is 2.26 bits per heavy atom. The first-order valence-corrected chi connectivity index (χ1v) is 12.0. The molecule has 2 atom stereocenters. The van der Waals surface area contributed by atoms with Crippen LogP contribution in [0.15, 0.2) is 47.6 Å². The maximum atomic E-state index is 14.7. The van der Waals surface area contributed by atoms with E-state index in [1.165, 1.54) is 36.2 Å². The van der Waals surface area contributed by atoms with Gasteiger partial charge in [0.2, 0.25) is 15.7 Å². The summed E-state index contributed by atoms with van der Waals surface area (Å²) in [6.07, 6.45) is -11.7. The zero-order chi connectivity index (χ0) is 26.0. The van der Waals surface area contributed by atoms with Crippen LogP contribution in [0.5, 0.6) is 0 Å². The van der Waals surface area contributed by atoms with Crippen molar-refractivity contribution in [1.29, 1.82) is 0 Å². The van der Waals surface area contributed by atoms with Crippen molar-refractivity contribution in [2.24, 2.45) is 0 Å². The number of alkyl halides is 7. The van der Waals surface area contributed by atoms with Gasteiger partial charge in [0.05, 0.1) is 6.04 Å². The van der Waals surface area contributed by atoms with Crippen LogP contribution >= 0.6 is 0 Å². The minimum atomic E-state index is -6.30. The number of benzene rings is 1. The standard InChI is InChI=1S/C22H19F7N2O3S/c1-13(32)31-11-9-19(35(33,34)18-4-2-3-10-30-18)16-7-6-15(12-14(16)5-8-17(19)31)20(23,21(24,25)26)22(27,28)29/h2-4,6-7,10,12,17H,5,8-9,11H2,1H3. The van der Waals surface area contributed by atoms with Gasteiger partial charge in [0.15, 0.2) is 5.03 Å². The zero-order valence-electron chi connectivity index (χ0n) is 18.1. The van der Waals surface area contributed by atoms with Crippen LogP contribution in [0.3, 0.4) is 0 Å². The maximum Gasteiger partial charge on any atom is 0.435 e. The van der Waals surface area contributed by atoms with Crippen LogP contribution in [-0.4, -0.2) is 49.1 Å². The van der Waals surface area contributed by atoms with Crippen molar-refractivity contribution in [2.45, 2.75) is 60.0 Å². The molecule has 0 radical (unpaired) electrons. The summed E-state index contributed by atoms with van der Waals surface area (Å²) in [4.78, 5) is 17.5. The predicted molar refractivity (Wildman–Crippen MR) is 109 cm³/mol. The number of amides is 1. The van der Waals surface area contributed by atoms with Crippen molar-refractivity contribution in [1.82, 2.24) is 9.88 Å². The number of aryl methyl sites for hydroxylation is 1. The molecule has 2 heterocycles. The predicted octanol–water partition coefficient (Wildman–Crippen LogP) is 4.61. The highest BCUT2D eigenvalue weighted by atomic mass is 32.2. The second-order valence-corrected chi connectivity index (χ2v) is 10.8. The molecule has 1 saturated heterocycles. The number of hydrogen-bond donors (Lipinski definition) is 0. The number of carbonyl (C=O) groups excluding carboxylic acids is 1. The topological polar surface area (TPSA) is 67.3 Å². The molecule has 5 nitrogen and oxygen atoms in total. The third kappa shape index (κ3) is 3.45. The molecule has 13 heteroatoms. The molecule has 1 aromatic carbocycles. The summed E-state index contributed by atoms with van der Waals surface area (Å²) in [7, 11) is -4.39. The molecular weight excluding hydrogens is 505 g/mol. The number of nitrogens with zero attached hydrogens (tertiary/aromatic N) is 2. The molecule has 190 valence electrons. The molecule has 1 amide bonds. The summed E-state index contributed by atoms with van der Waals surface area (Å²) in [6, 6.07) is 4.77. The second-order valence-electron chi connectivity index (χ2n) is 8.60. The second kappa shape index (κ2) is 7.90. The average Bonchev–Trinajstić information content (AvgIpc) is 3.19. The highest BCUT2D eigenvalue weighted by Gasteiger charge is 2.73. The molecule has 2 unspecified atom stereocenters. The summed E-state index contributed by atoms with van der Waals surface area (Å²) < 4.78 is 121. The molecule has 2 aromatic rings. The molecule has 0 saturated carbocycles. The first kappa shape index (κ1) is 25.4. The fraction of sp³-hybridized carbons (Fsp3) is 0.455. The van der Waals surface area contributed by atoms with Crippen molar-refractivity contribution < 1.29 is 43.9 Å². The fourth-order valence-electron chi connectivity index (χ4n) is 5.30. The summed E-state index contributed by atoms with van der Waals surface area (Å²) >= 11 is 0. The Bertz CT molecular complexity index is 1250. The lowest BCUT2D eigenvalue weighted by Crippen LogP contribution is -2.53. The van der Waals surface area contributed by atoms with Gasteiger partial charge in [0.25, 0.3) is 0 Å². The Kier molecular flexibility index (Phi) is 5.73. The molecule has 1 aliphatic heterocycles. The van der Waals surface area contributed by atoms with Crippen molar-refractivity contribution in [3.63, 3.8) is 0 Å². The van der Waals surface area contributed by atoms with E-state index in [4.69, 9.17) is 0 Å². The monoisotopic (exact) mass is 524 g/mol. The maximum absolute atomic E-state index is 14.7. The molecule has 1 fully saturated rings. The first-order valence-electron chi connectivity index (χ1n) is 10.5. The SMILES string of the molecule is CC(=O)N1CCC2(S(=O)(=O)c3ccccn3)c3ccc(C(F)(C(F)(F)F)C(F)(F)F)cc3CCC12. The van der Waals surface area contributed by atoms with Gasteiger partial charge in [-0.1, -0.05) is 24.3 Å². The van der Waals surface area contributed by atoms with Gasteiger partial charge < -0.3 is 4.90 Å². The van der Waals surface area contributed by atoms with Crippen LogP contribution in [0.25, 0.3) is 0 Å². The molecule has 4 rings (SSSR count). The summed E-state index contributed by atoms with van der Waals surface area (Å²) in [5, 5.41) is -0.349. The highest BCUT2D eigenvalue weighted by Crippen LogP contribution is 2.56. The number of carbonyl (C=O) groups is 1. The van der Waals surface area contributed by atoms with E-state index < -0.39 is 50.1 Å². The number of halogens is 7. The number of aromatic nitrogens is 1. The Labute approximate surface area is 195 Å². The minimum absolute atomic E-state index is 0.00536. The number of likely N-dealkylation sites (tertiary alicyclic amines) is 1. The zero-order valence-corrected chi connectivity index (χ0v) is 18.9. The van der Waals surface area contributed by atoms with Gasteiger partial charge in [0, 0.05) is 25.2 Å². The molecule has 0 N–H and O–H groups in total. The molecule has 1 aliphatic carbocycles. The van der Waals surface area contributed by atoms with Crippen LogP contribution < -0.4 is 0 Å². The number of hydrogen-bond acceptors (Lipinski definition) is 4. The number of fused-ring (bicyclic) bond motifs is 3. The molecule has 1 aromatic heterocycles. The van der Waals surface area contributed by atoms with E-state index in [0.717, 1.165) is 6.07 Å². The van der Waals surface area contributed by atoms with Gasteiger partial charge in [-0.25, -0.2) is 17.8 Å². The molecule has 2 aliphatic rings. The quantitative estimate of drug-likeness (QED) is 0.551. The molecule has 0 bridgehead atoms. The average molecular weight is 524 g/mol. The van der Waals surface area contributed by atoms with Crippen LogP contribution in [0.4, 0.5) is 30.7 Å². The third-order valence-corrected chi connectivity index (χ3v) is 9.31. The number of rotatable bonds is 3. The molecule has 0 spiro atoms. The fourth-order valence-corrected chi connectivity index (χ4v) is 7.58. The van der Waals surface area contributed by atoms with Crippen molar-refractivity contribution >= 4 is 15.7 Å². The number of pyridine rings is 1. The van der Waals surface area contributed by atoms with Gasteiger partial charge in [-0.3, -0.25) is 4.79 Å². The Morgan fingerprint density at radius 1 is 1.06 bits per heavy atom. The van der Waals surface area contributed by atoms with Gasteiger partial charge in [-0.05, 0) is 42.5 Å². The van der Waals surface area contributed by atoms with Crippen molar-refractivity contribution in [3.8, 4) is 0 Å². The number of sulfone groups is 1. The van der Waals surface area contributed by atoms with Gasteiger partial charge in [-0.15, -0.1) is 0 Å². The Morgan fingerprint density at radius 2 is 1.71 bits per heavy atom. The van der Waals surface area contributed by atoms with E-state index in [1.807, 2.05) is 0 Å². The summed E-state index contributed by atoms with van der Waals surface area (Å²) in [6.45, 7) is 1.25. The Balaban J connectivity index is 1.97. The lowest BCUT2D eigenvalue weighted by atomic mass is 9.77. The normalized spacial score (nSPS) is 23.1. The van der Waals surface area contributed by atoms with Gasteiger partial charge in [-0.2, -0.15) is 26.3 Å². The lowest BCUT2D eigenvalue weighted by molar-refractivity contribution is -0.348. The largest absolute Gasteiger partial charge is 0.435 e. The van der Waals surface area contributed by atoms with Crippen LogP contribution in [0.1, 0.15) is 36.5 Å². The third-order valence-electron chi connectivity index (χ3n) is 6.86. The van der Waals surface area contributed by atoms with E-state index in [9.17, 15) is 43.9 Å². The van der Waals surface area contributed by atoms with Gasteiger partial charge >= 0.3 is 18.0 Å². The minimum Gasteiger partial charge on any atom is -0.338 e. The van der Waals surface area contributed by atoms with Gasteiger partial charge in [0.1, 0.15) is 4.75 Å².